The molecule has 0 saturated heterocycles. The van der Waals surface area contributed by atoms with E-state index in [0.717, 1.165) is 18.9 Å². The summed E-state index contributed by atoms with van der Waals surface area (Å²) in [5.74, 6) is -0.399. The Bertz CT molecular complexity index is 661. The summed E-state index contributed by atoms with van der Waals surface area (Å²) in [6.07, 6.45) is -2.77. The van der Waals surface area contributed by atoms with Gasteiger partial charge >= 0.3 is 6.18 Å². The lowest BCUT2D eigenvalue weighted by molar-refractivity contribution is -0.140. The molecule has 0 bridgehead atoms. The number of nitrogens with zero attached hydrogens (tertiary/aromatic N) is 1. The predicted octanol–water partition coefficient (Wildman–Crippen LogP) is 3.75. The van der Waals surface area contributed by atoms with Crippen LogP contribution < -0.4 is 5.32 Å². The lowest BCUT2D eigenvalue weighted by Crippen LogP contribution is -2.39. The lowest BCUT2D eigenvalue weighted by Gasteiger charge is -2.25. The minimum absolute atomic E-state index is 0.0119. The zero-order chi connectivity index (χ0) is 19.5. The standard InChI is InChI=1S/C19H25F3N2O2/c1-18(2,3)17(26)23-11-10-16(25)24(14-8-9-14)12-13-6-4-5-7-15(13)19(20,21)22/h4-7,14H,8-12H2,1-3H3,(H,23,26). The van der Waals surface area contributed by atoms with E-state index >= 15 is 0 Å². The van der Waals surface area contributed by atoms with Gasteiger partial charge in [-0.15, -0.1) is 0 Å². The van der Waals surface area contributed by atoms with E-state index in [1.54, 1.807) is 26.8 Å². The molecular formula is C19H25F3N2O2. The molecule has 1 N–H and O–H groups in total. The summed E-state index contributed by atoms with van der Waals surface area (Å²) in [7, 11) is 0. The van der Waals surface area contributed by atoms with Gasteiger partial charge in [-0.1, -0.05) is 39.0 Å². The maximum Gasteiger partial charge on any atom is 0.416 e. The second-order valence-corrected chi connectivity index (χ2v) is 7.66. The molecule has 0 spiro atoms. The van der Waals surface area contributed by atoms with Gasteiger partial charge in [0.1, 0.15) is 0 Å². The number of alkyl halides is 3. The number of carbonyl (C=O) groups excluding carboxylic acids is 2. The first kappa shape index (κ1) is 20.3. The Labute approximate surface area is 151 Å². The van der Waals surface area contributed by atoms with Crippen LogP contribution in [-0.2, 0) is 22.3 Å². The van der Waals surface area contributed by atoms with Crippen molar-refractivity contribution < 1.29 is 22.8 Å². The first-order chi connectivity index (χ1) is 12.0. The summed E-state index contributed by atoms with van der Waals surface area (Å²) in [6, 6.07) is 5.32. The minimum atomic E-state index is -4.45. The number of halogens is 3. The van der Waals surface area contributed by atoms with Crippen LogP contribution in [0.5, 0.6) is 0 Å². The molecule has 26 heavy (non-hydrogen) atoms. The van der Waals surface area contributed by atoms with E-state index in [-0.39, 0.29) is 42.9 Å². The van der Waals surface area contributed by atoms with Crippen LogP contribution >= 0.6 is 0 Å². The van der Waals surface area contributed by atoms with Crippen molar-refractivity contribution in [2.45, 2.75) is 58.8 Å². The van der Waals surface area contributed by atoms with Crippen molar-refractivity contribution in [3.05, 3.63) is 35.4 Å². The van der Waals surface area contributed by atoms with Crippen LogP contribution in [-0.4, -0.2) is 29.3 Å². The zero-order valence-electron chi connectivity index (χ0n) is 15.3. The molecule has 2 rings (SSSR count). The molecule has 7 heteroatoms. The molecule has 0 heterocycles. The van der Waals surface area contributed by atoms with Gasteiger partial charge in [-0.05, 0) is 24.5 Å². The Morgan fingerprint density at radius 2 is 1.77 bits per heavy atom. The molecule has 4 nitrogen and oxygen atoms in total. The fraction of sp³-hybridized carbons (Fsp3) is 0.579. The number of carbonyl (C=O) groups is 2. The fourth-order valence-electron chi connectivity index (χ4n) is 2.62. The van der Waals surface area contributed by atoms with Crippen LogP contribution in [0.1, 0.15) is 51.2 Å². The summed E-state index contributed by atoms with van der Waals surface area (Å²) < 4.78 is 39.5. The van der Waals surface area contributed by atoms with Gasteiger partial charge in [-0.2, -0.15) is 13.2 Å². The van der Waals surface area contributed by atoms with Crippen LogP contribution in [0.3, 0.4) is 0 Å². The molecule has 1 saturated carbocycles. The number of nitrogens with one attached hydrogen (secondary N) is 1. The molecule has 1 aliphatic carbocycles. The van der Waals surface area contributed by atoms with Crippen molar-refractivity contribution in [2.75, 3.05) is 6.54 Å². The van der Waals surface area contributed by atoms with Crippen LogP contribution in [0.15, 0.2) is 24.3 Å². The van der Waals surface area contributed by atoms with E-state index in [9.17, 15) is 22.8 Å². The van der Waals surface area contributed by atoms with Gasteiger partial charge in [0.05, 0.1) is 5.56 Å². The normalized spacial score (nSPS) is 14.8. The highest BCUT2D eigenvalue weighted by molar-refractivity contribution is 5.82. The first-order valence-electron chi connectivity index (χ1n) is 8.73. The van der Waals surface area contributed by atoms with Gasteiger partial charge in [-0.3, -0.25) is 9.59 Å². The monoisotopic (exact) mass is 370 g/mol. The third kappa shape index (κ3) is 5.47. The van der Waals surface area contributed by atoms with Crippen LogP contribution in [0.4, 0.5) is 13.2 Å². The SMILES string of the molecule is CC(C)(C)C(=O)NCCC(=O)N(Cc1ccccc1C(F)(F)F)C1CC1. The Balaban J connectivity index is 2.02. The van der Waals surface area contributed by atoms with Crippen molar-refractivity contribution in [3.8, 4) is 0 Å². The van der Waals surface area contributed by atoms with Crippen LogP contribution in [0.25, 0.3) is 0 Å². The maximum atomic E-state index is 13.2. The summed E-state index contributed by atoms with van der Waals surface area (Å²) >= 11 is 0. The first-order valence-corrected chi connectivity index (χ1v) is 8.73. The van der Waals surface area contributed by atoms with E-state index in [1.807, 2.05) is 0 Å². The Hall–Kier alpha value is -2.05. The van der Waals surface area contributed by atoms with Crippen molar-refractivity contribution in [1.29, 1.82) is 0 Å². The van der Waals surface area contributed by atoms with E-state index in [4.69, 9.17) is 0 Å². The Morgan fingerprint density at radius 3 is 2.31 bits per heavy atom. The van der Waals surface area contributed by atoms with Gasteiger partial charge < -0.3 is 10.2 Å². The molecule has 0 aliphatic heterocycles. The van der Waals surface area contributed by atoms with Gasteiger partial charge in [0.2, 0.25) is 11.8 Å². The Morgan fingerprint density at radius 1 is 1.15 bits per heavy atom. The van der Waals surface area contributed by atoms with Crippen molar-refractivity contribution in [3.63, 3.8) is 0 Å². The van der Waals surface area contributed by atoms with Gasteiger partial charge in [-0.25, -0.2) is 0 Å². The second kappa shape index (κ2) is 7.68. The highest BCUT2D eigenvalue weighted by Gasteiger charge is 2.36. The maximum absolute atomic E-state index is 13.2. The molecule has 144 valence electrons. The van der Waals surface area contributed by atoms with Crippen molar-refractivity contribution in [2.24, 2.45) is 5.41 Å². The number of benzene rings is 1. The van der Waals surface area contributed by atoms with Gasteiger partial charge in [0.25, 0.3) is 0 Å². The van der Waals surface area contributed by atoms with Crippen LogP contribution in [0, 0.1) is 5.41 Å². The molecule has 0 atom stereocenters. The Kier molecular flexibility index (Phi) is 5.98. The smallest absolute Gasteiger partial charge is 0.355 e. The summed E-state index contributed by atoms with van der Waals surface area (Å²) in [4.78, 5) is 25.9. The molecule has 0 radical (unpaired) electrons. The molecule has 0 unspecified atom stereocenters. The summed E-state index contributed by atoms with van der Waals surface area (Å²) in [6.45, 7) is 5.43. The number of rotatable bonds is 6. The fourth-order valence-corrected chi connectivity index (χ4v) is 2.62. The second-order valence-electron chi connectivity index (χ2n) is 7.66. The topological polar surface area (TPSA) is 49.4 Å². The molecule has 0 aromatic heterocycles. The van der Waals surface area contributed by atoms with Crippen molar-refractivity contribution in [1.82, 2.24) is 10.2 Å². The predicted molar refractivity (Wildman–Crippen MR) is 92.1 cm³/mol. The molecular weight excluding hydrogens is 345 g/mol. The minimum Gasteiger partial charge on any atom is -0.355 e. The van der Waals surface area contributed by atoms with E-state index in [2.05, 4.69) is 5.32 Å². The van der Waals surface area contributed by atoms with E-state index < -0.39 is 17.2 Å². The third-order valence-electron chi connectivity index (χ3n) is 4.28. The zero-order valence-corrected chi connectivity index (χ0v) is 15.3. The number of hydrogen-bond donors (Lipinski definition) is 1. The van der Waals surface area contributed by atoms with E-state index in [0.29, 0.717) is 0 Å². The van der Waals surface area contributed by atoms with E-state index in [1.165, 1.54) is 17.0 Å². The largest absolute Gasteiger partial charge is 0.416 e. The lowest BCUT2D eigenvalue weighted by atomic mass is 9.96. The van der Waals surface area contributed by atoms with Gasteiger partial charge in [0.15, 0.2) is 0 Å². The third-order valence-corrected chi connectivity index (χ3v) is 4.28. The highest BCUT2D eigenvalue weighted by atomic mass is 19.4. The van der Waals surface area contributed by atoms with Crippen molar-refractivity contribution >= 4 is 11.8 Å². The van der Waals surface area contributed by atoms with Gasteiger partial charge in [0, 0.05) is 31.0 Å². The summed E-state index contributed by atoms with van der Waals surface area (Å²) in [5.41, 5.74) is -1.16. The molecule has 1 aromatic carbocycles. The molecule has 1 fully saturated rings. The number of hydrogen-bond acceptors (Lipinski definition) is 2. The highest BCUT2D eigenvalue weighted by Crippen LogP contribution is 2.35. The van der Waals surface area contributed by atoms with Crippen LogP contribution in [0.2, 0.25) is 0 Å². The molecule has 1 aliphatic rings. The summed E-state index contributed by atoms with van der Waals surface area (Å²) in [5, 5.41) is 2.70. The average molecular weight is 370 g/mol. The molecule has 1 aromatic rings. The number of amides is 2. The quantitative estimate of drug-likeness (QED) is 0.829. The molecule has 2 amide bonds. The average Bonchev–Trinajstić information content (AvgIpc) is 3.35.